The molecule has 0 saturated heterocycles. The lowest BCUT2D eigenvalue weighted by Crippen LogP contribution is -2.29. The van der Waals surface area contributed by atoms with Crippen LogP contribution in [0.5, 0.6) is 0 Å². The van der Waals surface area contributed by atoms with Crippen LogP contribution in [0, 0.1) is 12.8 Å². The van der Waals surface area contributed by atoms with Gasteiger partial charge in [0, 0.05) is 5.69 Å². The van der Waals surface area contributed by atoms with Crippen molar-refractivity contribution in [1.82, 2.24) is 4.98 Å². The van der Waals surface area contributed by atoms with Crippen LogP contribution in [0.3, 0.4) is 0 Å². The molecule has 0 radical (unpaired) electrons. The normalized spacial score (nSPS) is 24.4. The van der Waals surface area contributed by atoms with Gasteiger partial charge in [0.1, 0.15) is 5.82 Å². The Balaban J connectivity index is 2.02. The maximum absolute atomic E-state index is 11.8. The van der Waals surface area contributed by atoms with E-state index in [1.165, 1.54) is 0 Å². The third kappa shape index (κ3) is 2.39. The number of nitrogens with one attached hydrogen (secondary N) is 1. The highest BCUT2D eigenvalue weighted by atomic mass is 16.3. The van der Waals surface area contributed by atoms with Gasteiger partial charge in [0.15, 0.2) is 0 Å². The number of aliphatic hydroxyl groups is 1. The molecule has 2 N–H and O–H groups in total. The predicted molar refractivity (Wildman–Crippen MR) is 61.0 cm³/mol. The van der Waals surface area contributed by atoms with E-state index in [0.29, 0.717) is 5.82 Å². The first kappa shape index (κ1) is 11.1. The molecule has 1 fully saturated rings. The Bertz CT molecular complexity index is 392. The molecule has 1 saturated carbocycles. The fourth-order valence-electron chi connectivity index (χ4n) is 2.08. The molecular formula is C12H16N2O2. The zero-order valence-corrected chi connectivity index (χ0v) is 9.31. The van der Waals surface area contributed by atoms with Gasteiger partial charge in [-0.05, 0) is 38.3 Å². The second-order valence-corrected chi connectivity index (χ2v) is 4.26. The number of nitrogens with zero attached hydrogens (tertiary/aromatic N) is 1. The number of amides is 1. The quantitative estimate of drug-likeness (QED) is 0.793. The van der Waals surface area contributed by atoms with E-state index >= 15 is 0 Å². The average Bonchev–Trinajstić information content (AvgIpc) is 2.64. The number of hydrogen-bond donors (Lipinski definition) is 2. The van der Waals surface area contributed by atoms with E-state index in [1.54, 1.807) is 6.07 Å². The number of anilines is 1. The molecule has 2 rings (SSSR count). The van der Waals surface area contributed by atoms with Crippen molar-refractivity contribution >= 4 is 11.7 Å². The van der Waals surface area contributed by atoms with Gasteiger partial charge in [-0.3, -0.25) is 4.79 Å². The molecule has 1 heterocycles. The molecule has 86 valence electrons. The molecule has 16 heavy (non-hydrogen) atoms. The van der Waals surface area contributed by atoms with Crippen molar-refractivity contribution < 1.29 is 9.90 Å². The SMILES string of the molecule is Cc1cccc(NC(=O)C2CCCC2O)n1. The van der Waals surface area contributed by atoms with Gasteiger partial charge < -0.3 is 10.4 Å². The molecular weight excluding hydrogens is 204 g/mol. The van der Waals surface area contributed by atoms with Gasteiger partial charge >= 0.3 is 0 Å². The maximum Gasteiger partial charge on any atom is 0.231 e. The molecule has 2 atom stereocenters. The van der Waals surface area contributed by atoms with E-state index in [1.807, 2.05) is 19.1 Å². The Labute approximate surface area is 94.7 Å². The number of aliphatic hydroxyl groups excluding tert-OH is 1. The summed E-state index contributed by atoms with van der Waals surface area (Å²) < 4.78 is 0. The molecule has 1 amide bonds. The summed E-state index contributed by atoms with van der Waals surface area (Å²) in [5, 5.41) is 12.4. The zero-order valence-electron chi connectivity index (χ0n) is 9.31. The van der Waals surface area contributed by atoms with Crippen molar-refractivity contribution in [3.05, 3.63) is 23.9 Å². The van der Waals surface area contributed by atoms with Crippen molar-refractivity contribution in [3.63, 3.8) is 0 Å². The molecule has 1 aliphatic carbocycles. The van der Waals surface area contributed by atoms with Gasteiger partial charge in [0.05, 0.1) is 12.0 Å². The van der Waals surface area contributed by atoms with Crippen LogP contribution in [0.2, 0.25) is 0 Å². The van der Waals surface area contributed by atoms with Crippen LogP contribution in [0.4, 0.5) is 5.82 Å². The minimum atomic E-state index is -0.496. The number of pyridine rings is 1. The first-order chi connectivity index (χ1) is 7.66. The van der Waals surface area contributed by atoms with E-state index in [4.69, 9.17) is 0 Å². The van der Waals surface area contributed by atoms with Crippen molar-refractivity contribution in [1.29, 1.82) is 0 Å². The summed E-state index contributed by atoms with van der Waals surface area (Å²) >= 11 is 0. The van der Waals surface area contributed by atoms with E-state index in [2.05, 4.69) is 10.3 Å². The van der Waals surface area contributed by atoms with Crippen LogP contribution in [0.1, 0.15) is 25.0 Å². The minimum Gasteiger partial charge on any atom is -0.392 e. The van der Waals surface area contributed by atoms with Crippen LogP contribution in [-0.2, 0) is 4.79 Å². The van der Waals surface area contributed by atoms with E-state index < -0.39 is 6.10 Å². The lowest BCUT2D eigenvalue weighted by molar-refractivity contribution is -0.122. The van der Waals surface area contributed by atoms with E-state index in [9.17, 15) is 9.90 Å². The highest BCUT2D eigenvalue weighted by molar-refractivity contribution is 5.92. The molecule has 1 aliphatic rings. The van der Waals surface area contributed by atoms with Crippen molar-refractivity contribution in [2.75, 3.05) is 5.32 Å². The van der Waals surface area contributed by atoms with Crippen LogP contribution in [-0.4, -0.2) is 22.1 Å². The third-order valence-corrected chi connectivity index (χ3v) is 2.96. The molecule has 0 aromatic carbocycles. The number of carbonyl (C=O) groups excluding carboxylic acids is 1. The third-order valence-electron chi connectivity index (χ3n) is 2.96. The number of aryl methyl sites for hydroxylation is 1. The van der Waals surface area contributed by atoms with Gasteiger partial charge in [0.25, 0.3) is 0 Å². The monoisotopic (exact) mass is 220 g/mol. The largest absolute Gasteiger partial charge is 0.392 e. The Hall–Kier alpha value is -1.42. The average molecular weight is 220 g/mol. The Morgan fingerprint density at radius 1 is 1.50 bits per heavy atom. The fraction of sp³-hybridized carbons (Fsp3) is 0.500. The Morgan fingerprint density at radius 2 is 2.31 bits per heavy atom. The zero-order chi connectivity index (χ0) is 11.5. The number of carbonyl (C=O) groups is 1. The van der Waals surface area contributed by atoms with Crippen molar-refractivity contribution in [2.24, 2.45) is 5.92 Å². The molecule has 1 aromatic rings. The van der Waals surface area contributed by atoms with E-state index in [-0.39, 0.29) is 11.8 Å². The van der Waals surface area contributed by atoms with Crippen LogP contribution < -0.4 is 5.32 Å². The summed E-state index contributed by atoms with van der Waals surface area (Å²) in [6.45, 7) is 1.88. The van der Waals surface area contributed by atoms with Crippen LogP contribution in [0.25, 0.3) is 0 Å². The molecule has 0 spiro atoms. The maximum atomic E-state index is 11.8. The molecule has 2 unspecified atom stereocenters. The summed E-state index contributed by atoms with van der Waals surface area (Å²) in [6, 6.07) is 5.48. The summed E-state index contributed by atoms with van der Waals surface area (Å²) in [6.07, 6.45) is 1.91. The molecule has 0 aliphatic heterocycles. The minimum absolute atomic E-state index is 0.122. The van der Waals surface area contributed by atoms with Gasteiger partial charge in [0.2, 0.25) is 5.91 Å². The number of hydrogen-bond acceptors (Lipinski definition) is 3. The second kappa shape index (κ2) is 4.61. The van der Waals surface area contributed by atoms with Crippen LogP contribution in [0.15, 0.2) is 18.2 Å². The molecule has 4 heteroatoms. The second-order valence-electron chi connectivity index (χ2n) is 4.26. The first-order valence-electron chi connectivity index (χ1n) is 5.59. The number of rotatable bonds is 2. The summed E-state index contributed by atoms with van der Waals surface area (Å²) in [5.41, 5.74) is 0.866. The number of aromatic nitrogens is 1. The highest BCUT2D eigenvalue weighted by Crippen LogP contribution is 2.26. The molecule has 0 bridgehead atoms. The highest BCUT2D eigenvalue weighted by Gasteiger charge is 2.31. The molecule has 4 nitrogen and oxygen atoms in total. The Kier molecular flexibility index (Phi) is 3.19. The van der Waals surface area contributed by atoms with Crippen molar-refractivity contribution in [2.45, 2.75) is 32.3 Å². The summed E-state index contributed by atoms with van der Waals surface area (Å²) in [4.78, 5) is 16.0. The van der Waals surface area contributed by atoms with Crippen molar-refractivity contribution in [3.8, 4) is 0 Å². The van der Waals surface area contributed by atoms with Gasteiger partial charge in [-0.2, -0.15) is 0 Å². The summed E-state index contributed by atoms with van der Waals surface area (Å²) in [5.74, 6) is 0.162. The standard InChI is InChI=1S/C12H16N2O2/c1-8-4-2-7-11(13-8)14-12(16)9-5-3-6-10(9)15/h2,4,7,9-10,15H,3,5-6H2,1H3,(H,13,14,16). The lowest BCUT2D eigenvalue weighted by Gasteiger charge is -2.13. The predicted octanol–water partition coefficient (Wildman–Crippen LogP) is 1.49. The van der Waals surface area contributed by atoms with E-state index in [0.717, 1.165) is 25.0 Å². The summed E-state index contributed by atoms with van der Waals surface area (Å²) in [7, 11) is 0. The Morgan fingerprint density at radius 3 is 2.94 bits per heavy atom. The smallest absolute Gasteiger partial charge is 0.231 e. The van der Waals surface area contributed by atoms with Crippen LogP contribution >= 0.6 is 0 Å². The van der Waals surface area contributed by atoms with Gasteiger partial charge in [-0.25, -0.2) is 4.98 Å². The first-order valence-corrected chi connectivity index (χ1v) is 5.59. The van der Waals surface area contributed by atoms with Gasteiger partial charge in [-0.15, -0.1) is 0 Å². The lowest BCUT2D eigenvalue weighted by atomic mass is 10.1. The van der Waals surface area contributed by atoms with Gasteiger partial charge in [-0.1, -0.05) is 6.07 Å². The topological polar surface area (TPSA) is 62.2 Å². The molecule has 1 aromatic heterocycles. The fourth-order valence-corrected chi connectivity index (χ4v) is 2.08.